The summed E-state index contributed by atoms with van der Waals surface area (Å²) in [7, 11) is 0. The van der Waals surface area contributed by atoms with Crippen molar-refractivity contribution in [3.63, 3.8) is 0 Å². The number of ether oxygens (including phenoxy) is 1. The van der Waals surface area contributed by atoms with Gasteiger partial charge >= 0.3 is 0 Å². The zero-order valence-electron chi connectivity index (χ0n) is 11.8. The fourth-order valence-corrected chi connectivity index (χ4v) is 1.59. The van der Waals surface area contributed by atoms with E-state index < -0.39 is 6.10 Å². The summed E-state index contributed by atoms with van der Waals surface area (Å²) in [4.78, 5) is 0. The standard InChI is InChI=1S/C15H25NO2/c1-11(2)13-6-5-7-15(8-13)18-10-14(17)9-16-12(3)4/h5-8,11-12,14,16-17H,9-10H2,1-4H3. The van der Waals surface area contributed by atoms with Crippen LogP contribution in [0.5, 0.6) is 5.75 Å². The third-order valence-corrected chi connectivity index (χ3v) is 2.73. The molecule has 18 heavy (non-hydrogen) atoms. The summed E-state index contributed by atoms with van der Waals surface area (Å²) in [5.41, 5.74) is 1.25. The van der Waals surface area contributed by atoms with Crippen LogP contribution in [-0.2, 0) is 0 Å². The molecule has 0 aliphatic heterocycles. The summed E-state index contributed by atoms with van der Waals surface area (Å²) >= 11 is 0. The highest BCUT2D eigenvalue weighted by molar-refractivity contribution is 5.30. The Morgan fingerprint density at radius 1 is 1.22 bits per heavy atom. The molecule has 0 saturated carbocycles. The fourth-order valence-electron chi connectivity index (χ4n) is 1.59. The minimum absolute atomic E-state index is 0.321. The van der Waals surface area contributed by atoms with Crippen molar-refractivity contribution >= 4 is 0 Å². The number of hydrogen-bond acceptors (Lipinski definition) is 3. The number of rotatable bonds is 7. The Balaban J connectivity index is 2.40. The molecule has 0 radical (unpaired) electrons. The molecule has 0 aliphatic rings. The summed E-state index contributed by atoms with van der Waals surface area (Å²) in [5.74, 6) is 1.31. The van der Waals surface area contributed by atoms with Gasteiger partial charge in [-0.3, -0.25) is 0 Å². The Bertz CT molecular complexity index is 350. The van der Waals surface area contributed by atoms with Crippen molar-refractivity contribution in [1.82, 2.24) is 5.32 Å². The van der Waals surface area contributed by atoms with Crippen LogP contribution in [0.2, 0.25) is 0 Å². The van der Waals surface area contributed by atoms with E-state index in [-0.39, 0.29) is 0 Å². The monoisotopic (exact) mass is 251 g/mol. The molecule has 3 heteroatoms. The van der Waals surface area contributed by atoms with Gasteiger partial charge in [0, 0.05) is 12.6 Å². The summed E-state index contributed by atoms with van der Waals surface area (Å²) < 4.78 is 5.60. The highest BCUT2D eigenvalue weighted by atomic mass is 16.5. The largest absolute Gasteiger partial charge is 0.491 e. The highest BCUT2D eigenvalue weighted by Crippen LogP contribution is 2.20. The number of aliphatic hydroxyl groups is 1. The Labute approximate surface area is 110 Å². The molecule has 0 spiro atoms. The topological polar surface area (TPSA) is 41.5 Å². The van der Waals surface area contributed by atoms with E-state index in [1.54, 1.807) is 0 Å². The minimum atomic E-state index is -0.477. The maximum Gasteiger partial charge on any atom is 0.119 e. The van der Waals surface area contributed by atoms with E-state index in [2.05, 4.69) is 39.1 Å². The van der Waals surface area contributed by atoms with Crippen molar-refractivity contribution in [3.05, 3.63) is 29.8 Å². The SMILES string of the molecule is CC(C)NCC(O)COc1cccc(C(C)C)c1. The van der Waals surface area contributed by atoms with Crippen LogP contribution in [0.25, 0.3) is 0 Å². The molecule has 0 aromatic heterocycles. The van der Waals surface area contributed by atoms with Crippen molar-refractivity contribution in [3.8, 4) is 5.75 Å². The first-order valence-corrected chi connectivity index (χ1v) is 6.63. The Morgan fingerprint density at radius 2 is 1.94 bits per heavy atom. The molecule has 2 N–H and O–H groups in total. The van der Waals surface area contributed by atoms with Gasteiger partial charge in [0.25, 0.3) is 0 Å². The number of hydrogen-bond donors (Lipinski definition) is 2. The maximum atomic E-state index is 9.75. The van der Waals surface area contributed by atoms with Crippen LogP contribution >= 0.6 is 0 Å². The molecule has 3 nitrogen and oxygen atoms in total. The van der Waals surface area contributed by atoms with Gasteiger partial charge in [-0.1, -0.05) is 39.8 Å². The van der Waals surface area contributed by atoms with Gasteiger partial charge in [0.2, 0.25) is 0 Å². The van der Waals surface area contributed by atoms with E-state index in [9.17, 15) is 5.11 Å². The Kier molecular flexibility index (Phi) is 6.16. The molecule has 0 saturated heterocycles. The molecule has 0 fully saturated rings. The summed E-state index contributed by atoms with van der Waals surface area (Å²) in [5, 5.41) is 12.9. The first kappa shape index (κ1) is 15.0. The summed E-state index contributed by atoms with van der Waals surface area (Å²) in [6.45, 7) is 9.29. The van der Waals surface area contributed by atoms with Gasteiger partial charge in [-0.05, 0) is 23.6 Å². The average Bonchev–Trinajstić information content (AvgIpc) is 2.34. The van der Waals surface area contributed by atoms with Gasteiger partial charge in [-0.2, -0.15) is 0 Å². The van der Waals surface area contributed by atoms with Crippen molar-refractivity contribution in [2.45, 2.75) is 45.8 Å². The predicted octanol–water partition coefficient (Wildman–Crippen LogP) is 2.55. The first-order chi connectivity index (χ1) is 8.49. The van der Waals surface area contributed by atoms with Gasteiger partial charge in [-0.25, -0.2) is 0 Å². The lowest BCUT2D eigenvalue weighted by Crippen LogP contribution is -2.35. The number of nitrogens with one attached hydrogen (secondary N) is 1. The maximum absolute atomic E-state index is 9.75. The molecule has 1 unspecified atom stereocenters. The van der Waals surface area contributed by atoms with E-state index in [1.807, 2.05) is 18.2 Å². The van der Waals surface area contributed by atoms with E-state index in [0.29, 0.717) is 25.1 Å². The van der Waals surface area contributed by atoms with Crippen molar-refractivity contribution < 1.29 is 9.84 Å². The third-order valence-electron chi connectivity index (χ3n) is 2.73. The van der Waals surface area contributed by atoms with E-state index in [0.717, 1.165) is 5.75 Å². The molecule has 1 rings (SSSR count). The van der Waals surface area contributed by atoms with Crippen LogP contribution in [0.15, 0.2) is 24.3 Å². The molecule has 1 atom stereocenters. The average molecular weight is 251 g/mol. The molecule has 0 aliphatic carbocycles. The van der Waals surface area contributed by atoms with Crippen LogP contribution in [0.3, 0.4) is 0 Å². The molecular weight excluding hydrogens is 226 g/mol. The van der Waals surface area contributed by atoms with E-state index >= 15 is 0 Å². The van der Waals surface area contributed by atoms with Crippen molar-refractivity contribution in [2.24, 2.45) is 0 Å². The third kappa shape index (κ3) is 5.52. The quantitative estimate of drug-likeness (QED) is 0.782. The lowest BCUT2D eigenvalue weighted by atomic mass is 10.0. The van der Waals surface area contributed by atoms with Gasteiger partial charge < -0.3 is 15.2 Å². The van der Waals surface area contributed by atoms with E-state index in [1.165, 1.54) is 5.56 Å². The second-order valence-electron chi connectivity index (χ2n) is 5.25. The van der Waals surface area contributed by atoms with Crippen LogP contribution in [0, 0.1) is 0 Å². The van der Waals surface area contributed by atoms with Gasteiger partial charge in [0.15, 0.2) is 0 Å². The summed E-state index contributed by atoms with van der Waals surface area (Å²) in [6, 6.07) is 8.42. The van der Waals surface area contributed by atoms with Gasteiger partial charge in [0.05, 0.1) is 0 Å². The van der Waals surface area contributed by atoms with Crippen LogP contribution < -0.4 is 10.1 Å². The summed E-state index contributed by atoms with van der Waals surface area (Å²) in [6.07, 6.45) is -0.477. The zero-order chi connectivity index (χ0) is 13.5. The number of benzene rings is 1. The second-order valence-corrected chi connectivity index (χ2v) is 5.25. The molecule has 0 bridgehead atoms. The lowest BCUT2D eigenvalue weighted by molar-refractivity contribution is 0.104. The van der Waals surface area contributed by atoms with E-state index in [4.69, 9.17) is 4.74 Å². The first-order valence-electron chi connectivity index (χ1n) is 6.63. The predicted molar refractivity (Wildman–Crippen MR) is 75.2 cm³/mol. The number of aliphatic hydroxyl groups excluding tert-OH is 1. The molecule has 102 valence electrons. The smallest absolute Gasteiger partial charge is 0.119 e. The van der Waals surface area contributed by atoms with Crippen LogP contribution in [-0.4, -0.2) is 30.4 Å². The van der Waals surface area contributed by atoms with Crippen LogP contribution in [0.1, 0.15) is 39.2 Å². The normalized spacial score (nSPS) is 13.1. The molecule has 1 aromatic carbocycles. The fraction of sp³-hybridized carbons (Fsp3) is 0.600. The van der Waals surface area contributed by atoms with Gasteiger partial charge in [-0.15, -0.1) is 0 Å². The van der Waals surface area contributed by atoms with Crippen molar-refractivity contribution in [1.29, 1.82) is 0 Å². The zero-order valence-corrected chi connectivity index (χ0v) is 11.8. The highest BCUT2D eigenvalue weighted by Gasteiger charge is 2.07. The molecule has 0 amide bonds. The second kappa shape index (κ2) is 7.39. The van der Waals surface area contributed by atoms with Crippen LogP contribution in [0.4, 0.5) is 0 Å². The minimum Gasteiger partial charge on any atom is -0.491 e. The Hall–Kier alpha value is -1.06. The molecule has 0 heterocycles. The molecular formula is C15H25NO2. The Morgan fingerprint density at radius 3 is 2.56 bits per heavy atom. The van der Waals surface area contributed by atoms with Gasteiger partial charge in [0.1, 0.15) is 18.5 Å². The van der Waals surface area contributed by atoms with Crippen molar-refractivity contribution in [2.75, 3.05) is 13.2 Å². The lowest BCUT2D eigenvalue weighted by Gasteiger charge is -2.15. The molecule has 1 aromatic rings.